The number of amidine groups is 1. The van der Waals surface area contributed by atoms with Crippen LogP contribution in [0.15, 0.2) is 88.9 Å². The number of aliphatic imine (C=N–C) groups is 1. The highest BCUT2D eigenvalue weighted by Gasteiger charge is 2.33. The van der Waals surface area contributed by atoms with Gasteiger partial charge in [0.1, 0.15) is 5.75 Å². The zero-order valence-corrected chi connectivity index (χ0v) is 21.5. The Hall–Kier alpha value is -3.04. The zero-order chi connectivity index (χ0) is 23.5. The van der Waals surface area contributed by atoms with Crippen LogP contribution in [0.25, 0.3) is 17.0 Å². The Morgan fingerprint density at radius 2 is 1.91 bits per heavy atom. The number of thioether (sulfide) groups is 1. The molecular formula is C27H22IN3O2S. The Kier molecular flexibility index (Phi) is 6.73. The van der Waals surface area contributed by atoms with E-state index in [1.807, 2.05) is 66.9 Å². The van der Waals surface area contributed by atoms with Crippen LogP contribution in [0.4, 0.5) is 5.69 Å². The van der Waals surface area contributed by atoms with Gasteiger partial charge >= 0.3 is 0 Å². The quantitative estimate of drug-likeness (QED) is 0.206. The number of hydrogen-bond donors (Lipinski definition) is 1. The van der Waals surface area contributed by atoms with Crippen LogP contribution in [0.1, 0.15) is 11.1 Å². The van der Waals surface area contributed by atoms with Gasteiger partial charge in [-0.2, -0.15) is 0 Å². The summed E-state index contributed by atoms with van der Waals surface area (Å²) in [7, 11) is 1.64. The number of carbonyl (C=O) groups is 1. The summed E-state index contributed by atoms with van der Waals surface area (Å²) in [5.74, 6) is 0.755. The number of rotatable bonds is 6. The highest BCUT2D eigenvalue weighted by atomic mass is 127. The van der Waals surface area contributed by atoms with Gasteiger partial charge < -0.3 is 9.72 Å². The van der Waals surface area contributed by atoms with Crippen molar-refractivity contribution in [2.75, 3.05) is 13.7 Å². The van der Waals surface area contributed by atoms with Crippen molar-refractivity contribution in [2.24, 2.45) is 4.99 Å². The van der Waals surface area contributed by atoms with Crippen LogP contribution in [-0.4, -0.2) is 34.6 Å². The maximum atomic E-state index is 13.4. The van der Waals surface area contributed by atoms with E-state index in [1.165, 1.54) is 22.7 Å². The largest absolute Gasteiger partial charge is 0.497 e. The summed E-state index contributed by atoms with van der Waals surface area (Å²) >= 11 is 3.70. The lowest BCUT2D eigenvalue weighted by Crippen LogP contribution is -2.31. The second-order valence-corrected chi connectivity index (χ2v) is 10.1. The van der Waals surface area contributed by atoms with E-state index in [0.29, 0.717) is 16.6 Å². The molecule has 1 N–H and O–H groups in total. The molecule has 1 aliphatic heterocycles. The summed E-state index contributed by atoms with van der Waals surface area (Å²) in [4.78, 5) is 24.0. The fourth-order valence-corrected chi connectivity index (χ4v) is 5.47. The molecule has 1 aliphatic rings. The summed E-state index contributed by atoms with van der Waals surface area (Å²) < 4.78 is 6.38. The second-order valence-electron chi connectivity index (χ2n) is 7.82. The molecular weight excluding hydrogens is 557 g/mol. The van der Waals surface area contributed by atoms with E-state index in [4.69, 9.17) is 9.73 Å². The minimum Gasteiger partial charge on any atom is -0.497 e. The lowest BCUT2D eigenvalue weighted by molar-refractivity contribution is -0.122. The minimum absolute atomic E-state index is 0.0176. The number of carbonyl (C=O) groups excluding carboxylic acids is 1. The summed E-state index contributed by atoms with van der Waals surface area (Å²) in [6.45, 7) is 0.548. The Labute approximate surface area is 216 Å². The van der Waals surface area contributed by atoms with Gasteiger partial charge in [-0.3, -0.25) is 9.69 Å². The van der Waals surface area contributed by atoms with Gasteiger partial charge in [-0.05, 0) is 100 Å². The third-order valence-electron chi connectivity index (χ3n) is 5.61. The van der Waals surface area contributed by atoms with Crippen LogP contribution in [0.2, 0.25) is 0 Å². The van der Waals surface area contributed by atoms with Crippen LogP contribution in [0, 0.1) is 3.57 Å². The third kappa shape index (κ3) is 4.90. The molecule has 34 heavy (non-hydrogen) atoms. The first-order valence-corrected chi connectivity index (χ1v) is 12.7. The topological polar surface area (TPSA) is 57.7 Å². The number of para-hydroxylation sites is 1. The van der Waals surface area contributed by atoms with Gasteiger partial charge in [0.05, 0.1) is 17.7 Å². The van der Waals surface area contributed by atoms with Crippen molar-refractivity contribution >= 4 is 68.1 Å². The summed E-state index contributed by atoms with van der Waals surface area (Å²) in [6, 6.07) is 23.9. The number of fused-ring (bicyclic) bond motifs is 1. The first kappa shape index (κ1) is 22.7. The van der Waals surface area contributed by atoms with Crippen molar-refractivity contribution in [3.05, 3.63) is 98.6 Å². The normalized spacial score (nSPS) is 16.2. The Balaban J connectivity index is 1.45. The maximum absolute atomic E-state index is 13.4. The molecule has 4 aromatic rings. The van der Waals surface area contributed by atoms with Crippen molar-refractivity contribution in [3.8, 4) is 5.75 Å². The fraction of sp³-hybridized carbons (Fsp3) is 0.111. The molecule has 1 amide bonds. The molecule has 0 radical (unpaired) electrons. The summed E-state index contributed by atoms with van der Waals surface area (Å²) in [5.41, 5.74) is 4.08. The average Bonchev–Trinajstić information content (AvgIpc) is 3.39. The molecule has 5 nitrogen and oxygen atoms in total. The first-order chi connectivity index (χ1) is 16.6. The van der Waals surface area contributed by atoms with Crippen molar-refractivity contribution in [2.45, 2.75) is 6.42 Å². The lowest BCUT2D eigenvalue weighted by Gasteiger charge is -2.15. The predicted molar refractivity (Wildman–Crippen MR) is 149 cm³/mol. The molecule has 1 saturated heterocycles. The molecule has 170 valence electrons. The molecule has 7 heteroatoms. The van der Waals surface area contributed by atoms with E-state index in [1.54, 1.807) is 12.0 Å². The summed E-state index contributed by atoms with van der Waals surface area (Å²) in [5, 5.41) is 1.87. The Bertz CT molecular complexity index is 1410. The van der Waals surface area contributed by atoms with Crippen LogP contribution >= 0.6 is 34.4 Å². The van der Waals surface area contributed by atoms with Crippen LogP contribution in [-0.2, 0) is 11.2 Å². The van der Waals surface area contributed by atoms with E-state index in [2.05, 4.69) is 45.8 Å². The van der Waals surface area contributed by atoms with Gasteiger partial charge in [0, 0.05) is 27.2 Å². The zero-order valence-electron chi connectivity index (χ0n) is 18.5. The molecule has 2 heterocycles. The number of aromatic amines is 1. The maximum Gasteiger partial charge on any atom is 0.266 e. The molecule has 0 saturated carbocycles. The molecule has 0 spiro atoms. The highest BCUT2D eigenvalue weighted by Crippen LogP contribution is 2.35. The number of amides is 1. The van der Waals surface area contributed by atoms with Crippen LogP contribution in [0.3, 0.4) is 0 Å². The minimum atomic E-state index is -0.0176. The van der Waals surface area contributed by atoms with E-state index in [9.17, 15) is 4.79 Å². The predicted octanol–water partition coefficient (Wildman–Crippen LogP) is 6.63. The average molecular weight is 579 g/mol. The number of halogens is 1. The Morgan fingerprint density at radius 3 is 2.71 bits per heavy atom. The molecule has 5 rings (SSSR count). The highest BCUT2D eigenvalue weighted by molar-refractivity contribution is 14.1. The number of aromatic nitrogens is 1. The molecule has 0 atom stereocenters. The van der Waals surface area contributed by atoms with Crippen LogP contribution in [0.5, 0.6) is 5.75 Å². The number of nitrogens with zero attached hydrogens (tertiary/aromatic N) is 2. The molecule has 1 fully saturated rings. The monoisotopic (exact) mass is 579 g/mol. The van der Waals surface area contributed by atoms with E-state index < -0.39 is 0 Å². The fourth-order valence-electron chi connectivity index (χ4n) is 3.87. The summed E-state index contributed by atoms with van der Waals surface area (Å²) in [6.07, 6.45) is 4.71. The molecule has 0 aliphatic carbocycles. The number of methoxy groups -OCH3 is 1. The number of ether oxygens (including phenoxy) is 1. The molecule has 1 aromatic heterocycles. The van der Waals surface area contributed by atoms with Crippen molar-refractivity contribution in [1.29, 1.82) is 0 Å². The molecule has 0 unspecified atom stereocenters. The van der Waals surface area contributed by atoms with Gasteiger partial charge in [-0.25, -0.2) is 4.99 Å². The lowest BCUT2D eigenvalue weighted by atomic mass is 10.1. The SMILES string of the molecule is COc1ccc(N=C2SC(=Cc3cccc(I)c3)C(=O)N2CCc2c[nH]c3ccccc23)cc1. The van der Waals surface area contributed by atoms with E-state index in [-0.39, 0.29) is 5.91 Å². The first-order valence-electron chi connectivity index (χ1n) is 10.9. The number of benzene rings is 3. The molecule has 0 bridgehead atoms. The van der Waals surface area contributed by atoms with Gasteiger partial charge in [0.25, 0.3) is 5.91 Å². The van der Waals surface area contributed by atoms with Crippen LogP contribution < -0.4 is 4.74 Å². The second kappa shape index (κ2) is 10.1. The smallest absolute Gasteiger partial charge is 0.266 e. The van der Waals surface area contributed by atoms with Crippen molar-refractivity contribution in [3.63, 3.8) is 0 Å². The van der Waals surface area contributed by atoms with E-state index >= 15 is 0 Å². The number of nitrogens with one attached hydrogen (secondary N) is 1. The van der Waals surface area contributed by atoms with Crippen molar-refractivity contribution < 1.29 is 9.53 Å². The number of H-pyrrole nitrogens is 1. The van der Waals surface area contributed by atoms with E-state index in [0.717, 1.165) is 32.5 Å². The molecule has 3 aromatic carbocycles. The van der Waals surface area contributed by atoms with Gasteiger partial charge in [-0.1, -0.05) is 30.3 Å². The van der Waals surface area contributed by atoms with Crippen molar-refractivity contribution in [1.82, 2.24) is 9.88 Å². The van der Waals surface area contributed by atoms with Gasteiger partial charge in [-0.15, -0.1) is 0 Å². The Morgan fingerprint density at radius 1 is 1.09 bits per heavy atom. The third-order valence-corrected chi connectivity index (χ3v) is 7.29. The van der Waals surface area contributed by atoms with Gasteiger partial charge in [0.2, 0.25) is 0 Å². The van der Waals surface area contributed by atoms with Gasteiger partial charge in [0.15, 0.2) is 5.17 Å². The number of hydrogen-bond acceptors (Lipinski definition) is 4. The standard InChI is InChI=1S/C27H22IN3O2S/c1-33-22-11-9-21(10-12-22)30-27-31(14-13-19-17-29-24-8-3-2-7-23(19)24)26(32)25(34-27)16-18-5-4-6-20(28)15-18/h2-12,15-17,29H,13-14H2,1H3.